The first kappa shape index (κ1) is 17.8. The molecule has 1 heterocycles. The van der Waals surface area contributed by atoms with Crippen LogP contribution in [-0.2, 0) is 14.3 Å². The number of rotatable bonds is 4. The van der Waals surface area contributed by atoms with Crippen LogP contribution in [0.25, 0.3) is 0 Å². The molecule has 24 heavy (non-hydrogen) atoms. The molecule has 130 valence electrons. The van der Waals surface area contributed by atoms with Crippen molar-refractivity contribution < 1.29 is 29.0 Å². The zero-order chi connectivity index (χ0) is 17.9. The molecule has 0 spiro atoms. The van der Waals surface area contributed by atoms with Gasteiger partial charge in [0, 0.05) is 19.4 Å². The first-order chi connectivity index (χ1) is 11.3. The number of likely N-dealkylation sites (tertiary alicyclic amines) is 1. The zero-order valence-electron chi connectivity index (χ0n) is 13.9. The average molecular weight is 335 g/mol. The highest BCUT2D eigenvalue weighted by atomic mass is 16.5. The maximum atomic E-state index is 11.9. The largest absolute Gasteiger partial charge is 0.465 e. The van der Waals surface area contributed by atoms with E-state index in [1.807, 2.05) is 6.92 Å². The monoisotopic (exact) mass is 335 g/mol. The minimum absolute atomic E-state index is 0.114. The summed E-state index contributed by atoms with van der Waals surface area (Å²) >= 11 is 0. The molecule has 7 nitrogen and oxygen atoms in total. The molecule has 0 bridgehead atoms. The molecule has 0 unspecified atom stereocenters. The predicted octanol–water partition coefficient (Wildman–Crippen LogP) is 2.18. The molecule has 1 saturated heterocycles. The van der Waals surface area contributed by atoms with Gasteiger partial charge >= 0.3 is 18.0 Å². The normalized spacial score (nSPS) is 19.9. The van der Waals surface area contributed by atoms with Gasteiger partial charge in [0.2, 0.25) is 0 Å². The molecule has 2 atom stereocenters. The molecule has 0 aliphatic carbocycles. The number of esters is 2. The van der Waals surface area contributed by atoms with Gasteiger partial charge in [-0.2, -0.15) is 0 Å². The summed E-state index contributed by atoms with van der Waals surface area (Å²) in [5, 5.41) is 9.22. The van der Waals surface area contributed by atoms with Crippen LogP contribution in [0.2, 0.25) is 0 Å². The second-order valence-electron chi connectivity index (χ2n) is 5.73. The Labute approximate surface area is 140 Å². The van der Waals surface area contributed by atoms with Crippen molar-refractivity contribution in [3.63, 3.8) is 0 Å². The molecule has 1 N–H and O–H groups in total. The van der Waals surface area contributed by atoms with E-state index in [1.165, 1.54) is 11.8 Å². The lowest BCUT2D eigenvalue weighted by Gasteiger charge is -2.20. The predicted molar refractivity (Wildman–Crippen MR) is 85.0 cm³/mol. The standard InChI is InChI=1S/C17H21NO6/c1-4-23-16(20)12-6-5-10(2)13(7-12)14-8-18(17(21)22)9-15(14)24-11(3)19/h5-7,14-15H,4,8-9H2,1-3H3,(H,21,22)/t14-,15+/m1/s1. The topological polar surface area (TPSA) is 93.1 Å². The molecule has 1 aromatic rings. The Kier molecular flexibility index (Phi) is 5.43. The summed E-state index contributed by atoms with van der Waals surface area (Å²) < 4.78 is 10.3. The van der Waals surface area contributed by atoms with Crippen molar-refractivity contribution in [1.82, 2.24) is 4.90 Å². The second-order valence-corrected chi connectivity index (χ2v) is 5.73. The fourth-order valence-corrected chi connectivity index (χ4v) is 2.94. The molecule has 1 fully saturated rings. The van der Waals surface area contributed by atoms with Gasteiger partial charge in [-0.3, -0.25) is 4.79 Å². The average Bonchev–Trinajstić information content (AvgIpc) is 2.91. The molecule has 2 rings (SSSR count). The lowest BCUT2D eigenvalue weighted by Crippen LogP contribution is -2.29. The summed E-state index contributed by atoms with van der Waals surface area (Å²) in [7, 11) is 0. The molecular weight excluding hydrogens is 314 g/mol. The molecule has 0 aromatic heterocycles. The number of carboxylic acid groups (broad SMARTS) is 1. The highest BCUT2D eigenvalue weighted by molar-refractivity contribution is 5.89. The summed E-state index contributed by atoms with van der Waals surface area (Å²) in [6.07, 6.45) is -1.64. The third-order valence-corrected chi connectivity index (χ3v) is 4.04. The van der Waals surface area contributed by atoms with Crippen molar-refractivity contribution in [2.24, 2.45) is 0 Å². The van der Waals surface area contributed by atoms with Gasteiger partial charge in [-0.05, 0) is 37.1 Å². The van der Waals surface area contributed by atoms with Gasteiger partial charge in [-0.1, -0.05) is 6.07 Å². The summed E-state index contributed by atoms with van der Waals surface area (Å²) in [6, 6.07) is 5.15. The van der Waals surface area contributed by atoms with Gasteiger partial charge in [0.25, 0.3) is 0 Å². The summed E-state index contributed by atoms with van der Waals surface area (Å²) in [5.41, 5.74) is 2.08. The molecule has 1 aliphatic rings. The van der Waals surface area contributed by atoms with E-state index in [-0.39, 0.29) is 25.6 Å². The van der Waals surface area contributed by atoms with E-state index in [1.54, 1.807) is 25.1 Å². The van der Waals surface area contributed by atoms with E-state index in [0.29, 0.717) is 5.56 Å². The molecule has 0 radical (unpaired) electrons. The Morgan fingerprint density at radius 3 is 2.58 bits per heavy atom. The van der Waals surface area contributed by atoms with Gasteiger partial charge in [0.15, 0.2) is 0 Å². The number of carbonyl (C=O) groups is 3. The molecule has 7 heteroatoms. The summed E-state index contributed by atoms with van der Waals surface area (Å²) in [6.45, 7) is 5.49. The van der Waals surface area contributed by atoms with Gasteiger partial charge in [0.05, 0.1) is 18.7 Å². The number of nitrogens with zero attached hydrogens (tertiary/aromatic N) is 1. The smallest absolute Gasteiger partial charge is 0.407 e. The third-order valence-electron chi connectivity index (χ3n) is 4.04. The number of ether oxygens (including phenoxy) is 2. The lowest BCUT2D eigenvalue weighted by atomic mass is 9.90. The Hall–Kier alpha value is -2.57. The van der Waals surface area contributed by atoms with Crippen LogP contribution in [0.4, 0.5) is 4.79 Å². The molecule has 1 aliphatic heterocycles. The van der Waals surface area contributed by atoms with Gasteiger partial charge in [-0.15, -0.1) is 0 Å². The minimum atomic E-state index is -1.06. The molecule has 0 saturated carbocycles. The highest BCUT2D eigenvalue weighted by Crippen LogP contribution is 2.32. The van der Waals surface area contributed by atoms with E-state index >= 15 is 0 Å². The van der Waals surface area contributed by atoms with Crippen LogP contribution in [0.3, 0.4) is 0 Å². The van der Waals surface area contributed by atoms with Crippen LogP contribution >= 0.6 is 0 Å². The van der Waals surface area contributed by atoms with Crippen LogP contribution in [0.1, 0.15) is 41.3 Å². The second kappa shape index (κ2) is 7.33. The van der Waals surface area contributed by atoms with Crippen molar-refractivity contribution in [3.8, 4) is 0 Å². The van der Waals surface area contributed by atoms with Gasteiger partial charge in [-0.25, -0.2) is 9.59 Å². The van der Waals surface area contributed by atoms with E-state index < -0.39 is 24.1 Å². The molecule has 1 amide bonds. The van der Waals surface area contributed by atoms with Crippen molar-refractivity contribution >= 4 is 18.0 Å². The van der Waals surface area contributed by atoms with Crippen molar-refractivity contribution in [3.05, 3.63) is 34.9 Å². The minimum Gasteiger partial charge on any atom is -0.465 e. The quantitative estimate of drug-likeness (QED) is 0.848. The Bertz CT molecular complexity index is 656. The first-order valence-corrected chi connectivity index (χ1v) is 7.76. The number of hydrogen-bond acceptors (Lipinski definition) is 5. The first-order valence-electron chi connectivity index (χ1n) is 7.76. The number of aryl methyl sites for hydroxylation is 1. The van der Waals surface area contributed by atoms with Crippen molar-refractivity contribution in [2.75, 3.05) is 19.7 Å². The number of benzene rings is 1. The summed E-state index contributed by atoms with van der Waals surface area (Å²) in [4.78, 5) is 35.8. The van der Waals surface area contributed by atoms with Crippen LogP contribution in [-0.4, -0.2) is 53.8 Å². The van der Waals surface area contributed by atoms with E-state index in [4.69, 9.17) is 9.47 Å². The van der Waals surface area contributed by atoms with E-state index in [0.717, 1.165) is 11.1 Å². The van der Waals surface area contributed by atoms with Gasteiger partial charge < -0.3 is 19.5 Å². The fraction of sp³-hybridized carbons (Fsp3) is 0.471. The van der Waals surface area contributed by atoms with Gasteiger partial charge in [0.1, 0.15) is 6.10 Å². The Morgan fingerprint density at radius 1 is 1.29 bits per heavy atom. The molecule has 1 aromatic carbocycles. The third kappa shape index (κ3) is 3.84. The maximum absolute atomic E-state index is 11.9. The number of amides is 1. The van der Waals surface area contributed by atoms with Crippen molar-refractivity contribution in [1.29, 1.82) is 0 Å². The zero-order valence-corrected chi connectivity index (χ0v) is 13.9. The van der Waals surface area contributed by atoms with E-state index in [9.17, 15) is 19.5 Å². The fourth-order valence-electron chi connectivity index (χ4n) is 2.94. The van der Waals surface area contributed by atoms with Crippen LogP contribution in [0.15, 0.2) is 18.2 Å². The maximum Gasteiger partial charge on any atom is 0.407 e. The van der Waals surface area contributed by atoms with Crippen LogP contribution in [0, 0.1) is 6.92 Å². The SMILES string of the molecule is CCOC(=O)c1ccc(C)c([C@H]2CN(C(=O)O)C[C@@H]2OC(C)=O)c1. The highest BCUT2D eigenvalue weighted by Gasteiger charge is 2.39. The Morgan fingerprint density at radius 2 is 2.00 bits per heavy atom. The Balaban J connectivity index is 2.35. The summed E-state index contributed by atoms with van der Waals surface area (Å²) in [5.74, 6) is -1.22. The van der Waals surface area contributed by atoms with E-state index in [2.05, 4.69) is 0 Å². The lowest BCUT2D eigenvalue weighted by molar-refractivity contribution is -0.146. The number of hydrogen-bond donors (Lipinski definition) is 1. The van der Waals surface area contributed by atoms with Crippen molar-refractivity contribution in [2.45, 2.75) is 32.8 Å². The van der Waals surface area contributed by atoms with Crippen LogP contribution in [0.5, 0.6) is 0 Å². The number of carbonyl (C=O) groups excluding carboxylic acids is 2. The molecular formula is C17H21NO6. The van der Waals surface area contributed by atoms with Crippen LogP contribution < -0.4 is 0 Å².